The molecule has 2 aromatic rings. The zero-order chi connectivity index (χ0) is 25.8. The molecule has 1 saturated heterocycles. The molecule has 0 aromatic heterocycles. The van der Waals surface area contributed by atoms with Gasteiger partial charge in [-0.1, -0.05) is 44.2 Å². The number of rotatable bonds is 13. The number of hydrogen-bond acceptors (Lipinski definition) is 6. The maximum atomic E-state index is 10.2. The van der Waals surface area contributed by atoms with Crippen LogP contribution in [0.1, 0.15) is 50.7 Å². The first-order chi connectivity index (χ1) is 17.5. The maximum absolute atomic E-state index is 10.2. The van der Waals surface area contributed by atoms with Gasteiger partial charge in [0.2, 0.25) is 0 Å². The minimum Gasteiger partial charge on any atom is -0.492 e. The van der Waals surface area contributed by atoms with Gasteiger partial charge in [-0.3, -0.25) is 4.90 Å². The number of benzene rings is 2. The van der Waals surface area contributed by atoms with Crippen molar-refractivity contribution in [3.8, 4) is 24.0 Å². The molecule has 1 heterocycles. The van der Waals surface area contributed by atoms with E-state index < -0.39 is 5.41 Å². The molecule has 0 bridgehead atoms. The third-order valence-electron chi connectivity index (χ3n) is 7.42. The van der Waals surface area contributed by atoms with Crippen LogP contribution in [0.4, 0.5) is 0 Å². The lowest BCUT2D eigenvalue weighted by Gasteiger charge is -2.32. The van der Waals surface area contributed by atoms with Crippen LogP contribution < -0.4 is 4.74 Å². The van der Waals surface area contributed by atoms with Crippen LogP contribution in [0.2, 0.25) is 0 Å². The molecule has 1 unspecified atom stereocenters. The average Bonchev–Trinajstić information content (AvgIpc) is 3.38. The lowest BCUT2D eigenvalue weighted by Crippen LogP contribution is -2.41. The predicted molar refractivity (Wildman–Crippen MR) is 141 cm³/mol. The molecule has 0 radical (unpaired) electrons. The molecule has 0 spiro atoms. The topological polar surface area (TPSA) is 87.1 Å². The van der Waals surface area contributed by atoms with Crippen molar-refractivity contribution in [1.29, 1.82) is 15.8 Å². The van der Waals surface area contributed by atoms with Gasteiger partial charge >= 0.3 is 0 Å². The summed E-state index contributed by atoms with van der Waals surface area (Å²) in [5.74, 6) is 1.00. The van der Waals surface area contributed by atoms with Crippen molar-refractivity contribution in [2.75, 3.05) is 39.3 Å². The summed E-state index contributed by atoms with van der Waals surface area (Å²) in [6.45, 7) is 9.34. The van der Waals surface area contributed by atoms with Crippen LogP contribution in [0, 0.1) is 39.9 Å². The Bertz CT molecular complexity index is 1060. The van der Waals surface area contributed by atoms with Crippen LogP contribution in [0.25, 0.3) is 0 Å². The van der Waals surface area contributed by atoms with Gasteiger partial charge in [-0.15, -0.1) is 0 Å². The summed E-state index contributed by atoms with van der Waals surface area (Å²) >= 11 is 0. The van der Waals surface area contributed by atoms with Crippen LogP contribution in [0.5, 0.6) is 5.75 Å². The summed E-state index contributed by atoms with van der Waals surface area (Å²) in [6.07, 6.45) is 3.41. The second kappa shape index (κ2) is 13.6. The summed E-state index contributed by atoms with van der Waals surface area (Å²) in [4.78, 5) is 4.88. The Labute approximate surface area is 216 Å². The third-order valence-corrected chi connectivity index (χ3v) is 7.42. The fraction of sp³-hybridized carbons (Fsp3) is 0.500. The van der Waals surface area contributed by atoms with Gasteiger partial charge in [-0.2, -0.15) is 15.8 Å². The smallest absolute Gasteiger partial charge is 0.119 e. The van der Waals surface area contributed by atoms with Crippen molar-refractivity contribution in [2.24, 2.45) is 5.92 Å². The third kappa shape index (κ3) is 7.08. The molecular formula is C30H37N5O. The van der Waals surface area contributed by atoms with Crippen LogP contribution in [0.3, 0.4) is 0 Å². The highest BCUT2D eigenvalue weighted by atomic mass is 16.5. The van der Waals surface area contributed by atoms with Crippen molar-refractivity contribution >= 4 is 0 Å². The first-order valence-corrected chi connectivity index (χ1v) is 13.0. The van der Waals surface area contributed by atoms with Gasteiger partial charge in [0.25, 0.3) is 0 Å². The Hall–Kier alpha value is -3.37. The molecule has 2 aromatic carbocycles. The predicted octanol–water partition coefficient (Wildman–Crippen LogP) is 5.12. The van der Waals surface area contributed by atoms with E-state index in [1.807, 2.05) is 30.3 Å². The lowest BCUT2D eigenvalue weighted by molar-refractivity contribution is 0.160. The molecule has 6 heteroatoms. The van der Waals surface area contributed by atoms with Crippen molar-refractivity contribution in [2.45, 2.75) is 51.0 Å². The molecule has 1 aliphatic heterocycles. The van der Waals surface area contributed by atoms with E-state index >= 15 is 0 Å². The summed E-state index contributed by atoms with van der Waals surface area (Å²) < 4.78 is 5.90. The van der Waals surface area contributed by atoms with Gasteiger partial charge in [-0.05, 0) is 68.1 Å². The molecule has 0 aliphatic carbocycles. The van der Waals surface area contributed by atoms with Gasteiger partial charge in [-0.25, -0.2) is 0 Å². The van der Waals surface area contributed by atoms with Gasteiger partial charge < -0.3 is 9.64 Å². The van der Waals surface area contributed by atoms with E-state index in [4.69, 9.17) is 15.3 Å². The second-order valence-electron chi connectivity index (χ2n) is 9.88. The number of nitriles is 3. The first-order valence-electron chi connectivity index (χ1n) is 13.0. The lowest BCUT2D eigenvalue weighted by atomic mass is 9.70. The van der Waals surface area contributed by atoms with Gasteiger partial charge in [0, 0.05) is 32.1 Å². The van der Waals surface area contributed by atoms with E-state index in [-0.39, 0.29) is 5.92 Å². The molecule has 0 amide bonds. The fourth-order valence-electron chi connectivity index (χ4n) is 5.22. The van der Waals surface area contributed by atoms with Crippen molar-refractivity contribution in [1.82, 2.24) is 9.80 Å². The molecule has 3 rings (SSSR count). The zero-order valence-corrected chi connectivity index (χ0v) is 21.6. The number of likely N-dealkylation sites (tertiary alicyclic amines) is 1. The van der Waals surface area contributed by atoms with E-state index in [9.17, 15) is 5.26 Å². The molecule has 2 atom stereocenters. The second-order valence-corrected chi connectivity index (χ2v) is 9.88. The van der Waals surface area contributed by atoms with E-state index in [0.29, 0.717) is 24.6 Å². The van der Waals surface area contributed by atoms with E-state index in [2.05, 4.69) is 54.0 Å². The summed E-state index contributed by atoms with van der Waals surface area (Å²) in [6, 6.07) is 24.9. The fourth-order valence-corrected chi connectivity index (χ4v) is 5.22. The van der Waals surface area contributed by atoms with Gasteiger partial charge in [0.1, 0.15) is 12.4 Å². The van der Waals surface area contributed by atoms with E-state index in [1.54, 1.807) is 12.1 Å². The standard InChI is InChI=1S/C30H37N5O/c1-25(2)30(24-33,27-8-4-3-5-9-27)15-6-17-34-19-14-28(23-34)35(18-7-16-31)20-21-36-29-12-10-26(22-32)11-13-29/h3-5,8-13,25,28H,6-7,14-15,17-21,23H2,1-2H3/t28?,30-/m0/s1. The van der Waals surface area contributed by atoms with Crippen LogP contribution in [0.15, 0.2) is 54.6 Å². The largest absolute Gasteiger partial charge is 0.492 e. The quantitative estimate of drug-likeness (QED) is 0.393. The Morgan fingerprint density at radius 2 is 1.81 bits per heavy atom. The Kier molecular flexibility index (Phi) is 10.3. The first kappa shape index (κ1) is 27.2. The maximum Gasteiger partial charge on any atom is 0.119 e. The van der Waals surface area contributed by atoms with Crippen LogP contribution in [-0.2, 0) is 5.41 Å². The van der Waals surface area contributed by atoms with Crippen molar-refractivity contribution < 1.29 is 4.74 Å². The number of ether oxygens (including phenoxy) is 1. The number of hydrogen-bond donors (Lipinski definition) is 0. The van der Waals surface area contributed by atoms with Crippen LogP contribution in [-0.4, -0.2) is 55.2 Å². The van der Waals surface area contributed by atoms with E-state index in [1.165, 1.54) is 0 Å². The molecule has 1 fully saturated rings. The molecular weight excluding hydrogens is 446 g/mol. The minimum atomic E-state index is -0.456. The summed E-state index contributed by atoms with van der Waals surface area (Å²) in [5, 5.41) is 28.2. The number of nitrogens with zero attached hydrogens (tertiary/aromatic N) is 5. The SMILES string of the molecule is CC(C)[C@@](C#N)(CCCN1CCC(N(CCC#N)CCOc2ccc(C#N)cc2)C1)c1ccccc1. The Morgan fingerprint density at radius 3 is 2.44 bits per heavy atom. The highest BCUT2D eigenvalue weighted by Crippen LogP contribution is 2.36. The molecule has 0 saturated carbocycles. The van der Waals surface area contributed by atoms with E-state index in [0.717, 1.165) is 63.3 Å². The minimum absolute atomic E-state index is 0.244. The highest BCUT2D eigenvalue weighted by Gasteiger charge is 2.36. The van der Waals surface area contributed by atoms with Crippen LogP contribution >= 0.6 is 0 Å². The Morgan fingerprint density at radius 1 is 1.06 bits per heavy atom. The molecule has 1 aliphatic rings. The summed E-state index contributed by atoms with van der Waals surface area (Å²) in [7, 11) is 0. The zero-order valence-electron chi connectivity index (χ0n) is 21.6. The van der Waals surface area contributed by atoms with Gasteiger partial charge in [0.05, 0.1) is 29.2 Å². The highest BCUT2D eigenvalue weighted by molar-refractivity contribution is 5.34. The molecule has 6 nitrogen and oxygen atoms in total. The average molecular weight is 484 g/mol. The summed E-state index contributed by atoms with van der Waals surface area (Å²) in [5.41, 5.74) is 1.28. The van der Waals surface area contributed by atoms with Gasteiger partial charge in [0.15, 0.2) is 0 Å². The molecule has 188 valence electrons. The molecule has 0 N–H and O–H groups in total. The monoisotopic (exact) mass is 483 g/mol. The van der Waals surface area contributed by atoms with Crippen molar-refractivity contribution in [3.05, 3.63) is 65.7 Å². The van der Waals surface area contributed by atoms with Crippen molar-refractivity contribution in [3.63, 3.8) is 0 Å². The Balaban J connectivity index is 1.51. The molecule has 36 heavy (non-hydrogen) atoms. The normalized spacial score (nSPS) is 17.3.